The number of rotatable bonds is 6. The highest BCUT2D eigenvalue weighted by molar-refractivity contribution is 7.89. The van der Waals surface area contributed by atoms with Crippen LogP contribution >= 0.6 is 11.6 Å². The van der Waals surface area contributed by atoms with Crippen LogP contribution in [0.15, 0.2) is 24.3 Å². The van der Waals surface area contributed by atoms with Crippen molar-refractivity contribution in [2.24, 2.45) is 0 Å². The van der Waals surface area contributed by atoms with Gasteiger partial charge in [0.2, 0.25) is 10.0 Å². The van der Waals surface area contributed by atoms with E-state index in [0.717, 1.165) is 5.56 Å². The van der Waals surface area contributed by atoms with E-state index >= 15 is 0 Å². The minimum absolute atomic E-state index is 0.0978. The van der Waals surface area contributed by atoms with Gasteiger partial charge in [-0.3, -0.25) is 0 Å². The molecule has 0 saturated carbocycles. The van der Waals surface area contributed by atoms with Crippen LogP contribution in [0.25, 0.3) is 0 Å². The quantitative estimate of drug-likeness (QED) is 0.853. The van der Waals surface area contributed by atoms with Crippen molar-refractivity contribution in [3.63, 3.8) is 0 Å². The Morgan fingerprint density at radius 3 is 2.71 bits per heavy atom. The molecule has 0 bridgehead atoms. The minimum atomic E-state index is -3.21. The molecule has 0 aromatic heterocycles. The second kappa shape index (κ2) is 6.35. The fraction of sp³-hybridized carbons (Fsp3) is 0.455. The average Bonchev–Trinajstić information content (AvgIpc) is 2.26. The lowest BCUT2D eigenvalue weighted by atomic mass is 10.2. The van der Waals surface area contributed by atoms with E-state index in [-0.39, 0.29) is 5.75 Å². The van der Waals surface area contributed by atoms with Gasteiger partial charge in [0.15, 0.2) is 0 Å². The Labute approximate surface area is 108 Å². The number of halogens is 1. The number of hydrogen-bond acceptors (Lipinski definition) is 3. The monoisotopic (exact) mass is 276 g/mol. The van der Waals surface area contributed by atoms with Crippen molar-refractivity contribution >= 4 is 21.6 Å². The Morgan fingerprint density at radius 2 is 2.12 bits per heavy atom. The largest absolute Gasteiger partial charge is 0.319 e. The van der Waals surface area contributed by atoms with Gasteiger partial charge in [0, 0.05) is 25.2 Å². The Morgan fingerprint density at radius 1 is 1.41 bits per heavy atom. The third-order valence-corrected chi connectivity index (χ3v) is 4.41. The van der Waals surface area contributed by atoms with Crippen LogP contribution in [0.4, 0.5) is 0 Å². The van der Waals surface area contributed by atoms with E-state index in [4.69, 9.17) is 11.6 Å². The molecule has 17 heavy (non-hydrogen) atoms. The molecular formula is C11H17ClN2O2S. The van der Waals surface area contributed by atoms with Gasteiger partial charge in [-0.15, -0.1) is 0 Å². The van der Waals surface area contributed by atoms with Crippen LogP contribution in [0, 0.1) is 0 Å². The molecule has 0 amide bonds. The summed E-state index contributed by atoms with van der Waals surface area (Å²) in [5, 5.41) is 3.44. The molecule has 0 aliphatic carbocycles. The van der Waals surface area contributed by atoms with Gasteiger partial charge in [-0.2, -0.15) is 0 Å². The maximum Gasteiger partial charge on any atom is 0.215 e. The summed E-state index contributed by atoms with van der Waals surface area (Å²) in [6.07, 6.45) is 0. The first-order valence-electron chi connectivity index (χ1n) is 5.29. The highest BCUT2D eigenvalue weighted by Gasteiger charge is 2.17. The first-order valence-corrected chi connectivity index (χ1v) is 7.27. The second-order valence-corrected chi connectivity index (χ2v) is 6.44. The van der Waals surface area contributed by atoms with Crippen molar-refractivity contribution in [1.29, 1.82) is 0 Å². The molecule has 1 aromatic rings. The minimum Gasteiger partial charge on any atom is -0.319 e. The highest BCUT2D eigenvalue weighted by Crippen LogP contribution is 2.13. The van der Waals surface area contributed by atoms with Gasteiger partial charge in [0.1, 0.15) is 0 Å². The molecule has 96 valence electrons. The van der Waals surface area contributed by atoms with Gasteiger partial charge in [-0.05, 0) is 24.7 Å². The Kier molecular flexibility index (Phi) is 5.39. The van der Waals surface area contributed by atoms with Crippen molar-refractivity contribution in [3.05, 3.63) is 34.9 Å². The van der Waals surface area contributed by atoms with Gasteiger partial charge in [0.05, 0.1) is 5.75 Å². The molecule has 1 rings (SSSR count). The number of nitrogens with zero attached hydrogens (tertiary/aromatic N) is 1. The summed E-state index contributed by atoms with van der Waals surface area (Å²) in [4.78, 5) is 0. The maximum absolute atomic E-state index is 11.8. The number of sulfonamides is 1. The summed E-state index contributed by atoms with van der Waals surface area (Å²) in [7, 11) is 0.0982. The Balaban J connectivity index is 2.68. The van der Waals surface area contributed by atoms with E-state index in [1.807, 2.05) is 12.1 Å². The lowest BCUT2D eigenvalue weighted by Gasteiger charge is -2.17. The topological polar surface area (TPSA) is 49.4 Å². The number of nitrogens with one attached hydrogen (secondary N) is 1. The first-order chi connectivity index (χ1) is 7.95. The fourth-order valence-corrected chi connectivity index (χ4v) is 2.71. The molecule has 0 saturated heterocycles. The smallest absolute Gasteiger partial charge is 0.215 e. The van der Waals surface area contributed by atoms with Crippen LogP contribution in [0.1, 0.15) is 5.56 Å². The van der Waals surface area contributed by atoms with Crippen molar-refractivity contribution in [2.75, 3.05) is 26.4 Å². The summed E-state index contributed by atoms with van der Waals surface area (Å²) >= 11 is 5.85. The number of hydrogen-bond donors (Lipinski definition) is 1. The van der Waals surface area contributed by atoms with Crippen LogP contribution in [0.5, 0.6) is 0 Å². The first kappa shape index (κ1) is 14.4. The summed E-state index contributed by atoms with van der Waals surface area (Å²) < 4.78 is 25.0. The van der Waals surface area contributed by atoms with Crippen LogP contribution in [0.2, 0.25) is 5.02 Å². The van der Waals surface area contributed by atoms with E-state index in [2.05, 4.69) is 5.32 Å². The molecule has 1 aromatic carbocycles. The van der Waals surface area contributed by atoms with E-state index in [1.165, 1.54) is 4.31 Å². The summed E-state index contributed by atoms with van der Waals surface area (Å²) in [6.45, 7) is 0.787. The maximum atomic E-state index is 11.8. The molecule has 0 spiro atoms. The SMILES string of the molecule is CNCCS(=O)(=O)N(C)Cc1cccc(Cl)c1. The van der Waals surface area contributed by atoms with E-state index in [0.29, 0.717) is 18.1 Å². The molecule has 4 nitrogen and oxygen atoms in total. The summed E-state index contributed by atoms with van der Waals surface area (Å²) in [6, 6.07) is 7.20. The van der Waals surface area contributed by atoms with Crippen LogP contribution in [-0.4, -0.2) is 39.1 Å². The lowest BCUT2D eigenvalue weighted by molar-refractivity contribution is 0.466. The van der Waals surface area contributed by atoms with Crippen LogP contribution in [-0.2, 0) is 16.6 Å². The predicted molar refractivity (Wildman–Crippen MR) is 70.6 cm³/mol. The van der Waals surface area contributed by atoms with Crippen molar-refractivity contribution < 1.29 is 8.42 Å². The zero-order valence-electron chi connectivity index (χ0n) is 9.98. The molecule has 0 fully saturated rings. The molecule has 0 atom stereocenters. The van der Waals surface area contributed by atoms with E-state index < -0.39 is 10.0 Å². The molecule has 0 aliphatic rings. The highest BCUT2D eigenvalue weighted by atomic mass is 35.5. The third kappa shape index (κ3) is 4.63. The molecular weight excluding hydrogens is 260 g/mol. The fourth-order valence-electron chi connectivity index (χ4n) is 1.38. The lowest BCUT2D eigenvalue weighted by Crippen LogP contribution is -2.32. The van der Waals surface area contributed by atoms with Crippen molar-refractivity contribution in [2.45, 2.75) is 6.54 Å². The summed E-state index contributed by atoms with van der Waals surface area (Å²) in [5.41, 5.74) is 0.882. The molecule has 0 unspecified atom stereocenters. The summed E-state index contributed by atoms with van der Waals surface area (Å²) in [5.74, 6) is 0.0978. The Hall–Kier alpha value is -0.620. The van der Waals surface area contributed by atoms with Crippen LogP contribution in [0.3, 0.4) is 0 Å². The predicted octanol–water partition coefficient (Wildman–Crippen LogP) is 1.32. The van der Waals surface area contributed by atoms with Gasteiger partial charge in [-0.1, -0.05) is 23.7 Å². The molecule has 0 heterocycles. The third-order valence-electron chi connectivity index (χ3n) is 2.38. The Bertz CT molecular complexity index is 462. The zero-order valence-corrected chi connectivity index (χ0v) is 11.6. The van der Waals surface area contributed by atoms with Gasteiger partial charge >= 0.3 is 0 Å². The molecule has 0 radical (unpaired) electrons. The molecule has 0 aliphatic heterocycles. The normalized spacial score (nSPS) is 12.0. The van der Waals surface area contributed by atoms with Gasteiger partial charge < -0.3 is 5.32 Å². The van der Waals surface area contributed by atoms with Gasteiger partial charge in [-0.25, -0.2) is 12.7 Å². The molecule has 1 N–H and O–H groups in total. The molecule has 6 heteroatoms. The average molecular weight is 277 g/mol. The van der Waals surface area contributed by atoms with E-state index in [1.54, 1.807) is 26.2 Å². The zero-order chi connectivity index (χ0) is 12.9. The standard InChI is InChI=1S/C11H17ClN2O2S/c1-13-6-7-17(15,16)14(2)9-10-4-3-5-11(12)8-10/h3-5,8,13H,6-7,9H2,1-2H3. The number of benzene rings is 1. The second-order valence-electron chi connectivity index (χ2n) is 3.81. The van der Waals surface area contributed by atoms with Crippen molar-refractivity contribution in [3.8, 4) is 0 Å². The van der Waals surface area contributed by atoms with Gasteiger partial charge in [0.25, 0.3) is 0 Å². The van der Waals surface area contributed by atoms with Crippen molar-refractivity contribution in [1.82, 2.24) is 9.62 Å². The van der Waals surface area contributed by atoms with E-state index in [9.17, 15) is 8.42 Å². The van der Waals surface area contributed by atoms with Crippen LogP contribution < -0.4 is 5.32 Å².